The number of halogens is 1. The van der Waals surface area contributed by atoms with Crippen LogP contribution in [0.2, 0.25) is 0 Å². The second-order valence-corrected chi connectivity index (χ2v) is 7.62. The lowest BCUT2D eigenvalue weighted by atomic mass is 10.1. The molecular weight excluding hydrogens is 396 g/mol. The molecule has 0 aliphatic heterocycles. The number of sulfonamides is 1. The lowest BCUT2D eigenvalue weighted by Crippen LogP contribution is -2.14. The zero-order chi connectivity index (χ0) is 19.3. The van der Waals surface area contributed by atoms with Crippen molar-refractivity contribution in [3.05, 3.63) is 83.7 Å². The van der Waals surface area contributed by atoms with E-state index in [0.29, 0.717) is 11.4 Å². The van der Waals surface area contributed by atoms with Crippen LogP contribution in [0.3, 0.4) is 0 Å². The quantitative estimate of drug-likeness (QED) is 0.627. The molecule has 0 aliphatic rings. The van der Waals surface area contributed by atoms with Crippen LogP contribution < -0.4 is 9.46 Å². The minimum absolute atomic E-state index is 0. The Labute approximate surface area is 171 Å². The van der Waals surface area contributed by atoms with Crippen LogP contribution in [0, 0.1) is 6.92 Å². The Morgan fingerprint density at radius 1 is 0.964 bits per heavy atom. The molecule has 0 unspecified atom stereocenters. The van der Waals surface area contributed by atoms with Gasteiger partial charge in [0.15, 0.2) is 0 Å². The summed E-state index contributed by atoms with van der Waals surface area (Å²) in [5.41, 5.74) is 3.15. The number of hydrogen-bond donors (Lipinski definition) is 1. The number of benzene rings is 2. The second kappa shape index (κ2) is 9.39. The molecule has 0 spiro atoms. The molecule has 0 saturated heterocycles. The lowest BCUT2D eigenvalue weighted by molar-refractivity contribution is 0.414. The van der Waals surface area contributed by atoms with Crippen molar-refractivity contribution in [3.8, 4) is 5.75 Å². The van der Waals surface area contributed by atoms with Crippen LogP contribution in [0.15, 0.2) is 71.9 Å². The number of pyridine rings is 1. The van der Waals surface area contributed by atoms with Crippen molar-refractivity contribution in [2.24, 2.45) is 0 Å². The van der Waals surface area contributed by atoms with Crippen molar-refractivity contribution in [2.45, 2.75) is 11.8 Å². The summed E-state index contributed by atoms with van der Waals surface area (Å²) in [5.74, 6) is 0.603. The molecule has 28 heavy (non-hydrogen) atoms. The van der Waals surface area contributed by atoms with E-state index in [1.807, 2.05) is 49.4 Å². The number of para-hydroxylation sites is 1. The van der Waals surface area contributed by atoms with Crippen LogP contribution in [-0.2, 0) is 10.0 Å². The summed E-state index contributed by atoms with van der Waals surface area (Å²) < 4.78 is 33.4. The first-order valence-electron chi connectivity index (χ1n) is 8.34. The third kappa shape index (κ3) is 5.12. The third-order valence-corrected chi connectivity index (χ3v) is 5.44. The standard InChI is InChI=1S/C21H20N2O3S.ClH/c1-16-4-3-5-18(7-6-17-12-14-22-15-13-17)21(16)23-27(24,25)20-10-8-19(26-2)9-11-20;/h3-15,23H,1-2H3;1H. The van der Waals surface area contributed by atoms with Crippen molar-refractivity contribution in [1.82, 2.24) is 4.98 Å². The van der Waals surface area contributed by atoms with Crippen LogP contribution >= 0.6 is 12.4 Å². The maximum atomic E-state index is 12.8. The van der Waals surface area contributed by atoms with Gasteiger partial charge in [-0.15, -0.1) is 12.4 Å². The molecule has 0 amide bonds. The molecule has 0 saturated carbocycles. The van der Waals surface area contributed by atoms with Gasteiger partial charge in [-0.1, -0.05) is 30.4 Å². The number of anilines is 1. The number of aryl methyl sites for hydroxylation is 1. The predicted octanol–water partition coefficient (Wildman–Crippen LogP) is 4.79. The highest BCUT2D eigenvalue weighted by Crippen LogP contribution is 2.26. The molecule has 146 valence electrons. The van der Waals surface area contributed by atoms with E-state index in [9.17, 15) is 8.42 Å². The van der Waals surface area contributed by atoms with E-state index in [0.717, 1.165) is 16.7 Å². The molecule has 0 atom stereocenters. The highest BCUT2D eigenvalue weighted by molar-refractivity contribution is 7.92. The number of aromatic nitrogens is 1. The Bertz CT molecular complexity index is 1050. The summed E-state index contributed by atoms with van der Waals surface area (Å²) in [4.78, 5) is 4.17. The molecule has 3 aromatic rings. The number of nitrogens with one attached hydrogen (secondary N) is 1. The molecule has 3 rings (SSSR count). The van der Waals surface area contributed by atoms with Crippen molar-refractivity contribution in [2.75, 3.05) is 11.8 Å². The van der Waals surface area contributed by atoms with Gasteiger partial charge in [0.1, 0.15) is 5.75 Å². The minimum Gasteiger partial charge on any atom is -0.497 e. The Morgan fingerprint density at radius 2 is 1.64 bits per heavy atom. The Morgan fingerprint density at radius 3 is 2.29 bits per heavy atom. The van der Waals surface area contributed by atoms with E-state index in [1.54, 1.807) is 24.5 Å². The van der Waals surface area contributed by atoms with Gasteiger partial charge in [0, 0.05) is 12.4 Å². The van der Waals surface area contributed by atoms with Gasteiger partial charge >= 0.3 is 0 Å². The van der Waals surface area contributed by atoms with Crippen molar-refractivity contribution < 1.29 is 13.2 Å². The van der Waals surface area contributed by atoms with Crippen molar-refractivity contribution >= 4 is 40.3 Å². The molecule has 1 heterocycles. The van der Waals surface area contributed by atoms with Gasteiger partial charge in [-0.05, 0) is 60.0 Å². The van der Waals surface area contributed by atoms with Crippen LogP contribution in [0.1, 0.15) is 16.7 Å². The number of ether oxygens (including phenoxy) is 1. The smallest absolute Gasteiger partial charge is 0.261 e. The van der Waals surface area contributed by atoms with Crippen LogP contribution in [0.4, 0.5) is 5.69 Å². The van der Waals surface area contributed by atoms with E-state index in [2.05, 4.69) is 9.71 Å². The monoisotopic (exact) mass is 416 g/mol. The summed E-state index contributed by atoms with van der Waals surface area (Å²) in [6, 6.07) is 15.7. The zero-order valence-electron chi connectivity index (χ0n) is 15.5. The van der Waals surface area contributed by atoms with E-state index < -0.39 is 10.0 Å². The second-order valence-electron chi connectivity index (χ2n) is 5.93. The Balaban J connectivity index is 0.00000280. The maximum absolute atomic E-state index is 12.8. The average Bonchev–Trinajstić information content (AvgIpc) is 2.69. The summed E-state index contributed by atoms with van der Waals surface area (Å²) in [5, 5.41) is 0. The lowest BCUT2D eigenvalue weighted by Gasteiger charge is -2.14. The van der Waals surface area contributed by atoms with Crippen molar-refractivity contribution in [1.29, 1.82) is 0 Å². The average molecular weight is 417 g/mol. The van der Waals surface area contributed by atoms with Gasteiger partial charge in [0.05, 0.1) is 17.7 Å². The molecular formula is C21H21ClN2O3S. The molecule has 0 bridgehead atoms. The molecule has 2 aromatic carbocycles. The van der Waals surface area contributed by atoms with Gasteiger partial charge in [-0.2, -0.15) is 0 Å². The molecule has 0 radical (unpaired) electrons. The van der Waals surface area contributed by atoms with E-state index in [1.165, 1.54) is 19.2 Å². The van der Waals surface area contributed by atoms with Gasteiger partial charge < -0.3 is 4.74 Å². The highest BCUT2D eigenvalue weighted by atomic mass is 35.5. The number of nitrogens with zero attached hydrogens (tertiary/aromatic N) is 1. The molecule has 0 aliphatic carbocycles. The summed E-state index contributed by atoms with van der Waals surface area (Å²) in [7, 11) is -2.18. The summed E-state index contributed by atoms with van der Waals surface area (Å²) >= 11 is 0. The van der Waals surface area contributed by atoms with Crippen LogP contribution in [-0.4, -0.2) is 20.5 Å². The summed E-state index contributed by atoms with van der Waals surface area (Å²) in [6.45, 7) is 1.87. The van der Waals surface area contributed by atoms with Crippen LogP contribution in [0.5, 0.6) is 5.75 Å². The van der Waals surface area contributed by atoms with Gasteiger partial charge in [0.25, 0.3) is 10.0 Å². The fourth-order valence-electron chi connectivity index (χ4n) is 2.58. The number of methoxy groups -OCH3 is 1. The first kappa shape index (κ1) is 21.5. The summed E-state index contributed by atoms with van der Waals surface area (Å²) in [6.07, 6.45) is 7.22. The van der Waals surface area contributed by atoms with E-state index >= 15 is 0 Å². The largest absolute Gasteiger partial charge is 0.497 e. The minimum atomic E-state index is -3.72. The SMILES string of the molecule is COc1ccc(S(=O)(=O)Nc2c(C)cccc2C=Cc2ccncc2)cc1.Cl. The van der Waals surface area contributed by atoms with E-state index in [-0.39, 0.29) is 17.3 Å². The molecule has 0 fully saturated rings. The Kier molecular flexibility index (Phi) is 7.20. The molecule has 1 N–H and O–H groups in total. The van der Waals surface area contributed by atoms with Gasteiger partial charge in [-0.25, -0.2) is 8.42 Å². The first-order valence-corrected chi connectivity index (χ1v) is 9.82. The fraction of sp³-hybridized carbons (Fsp3) is 0.0952. The zero-order valence-corrected chi connectivity index (χ0v) is 17.1. The van der Waals surface area contributed by atoms with Gasteiger partial charge in [0.2, 0.25) is 0 Å². The number of rotatable bonds is 6. The maximum Gasteiger partial charge on any atom is 0.261 e. The van der Waals surface area contributed by atoms with Crippen LogP contribution in [0.25, 0.3) is 12.2 Å². The molecule has 5 nitrogen and oxygen atoms in total. The predicted molar refractivity (Wildman–Crippen MR) is 115 cm³/mol. The molecule has 1 aromatic heterocycles. The Hall–Kier alpha value is -2.83. The third-order valence-electron chi connectivity index (χ3n) is 4.07. The highest BCUT2D eigenvalue weighted by Gasteiger charge is 2.17. The first-order chi connectivity index (χ1) is 13.0. The fourth-order valence-corrected chi connectivity index (χ4v) is 3.74. The normalized spacial score (nSPS) is 11.1. The van der Waals surface area contributed by atoms with E-state index in [4.69, 9.17) is 4.74 Å². The number of hydrogen-bond acceptors (Lipinski definition) is 4. The topological polar surface area (TPSA) is 68.3 Å². The molecule has 7 heteroatoms. The van der Waals surface area contributed by atoms with Gasteiger partial charge in [-0.3, -0.25) is 9.71 Å². The van der Waals surface area contributed by atoms with Crippen molar-refractivity contribution in [3.63, 3.8) is 0 Å².